The molecule has 2 aromatic heterocycles. The molecule has 3 aromatic rings. The molecule has 3 rings (SSSR count). The van der Waals surface area contributed by atoms with Crippen LogP contribution in [0.25, 0.3) is 16.2 Å². The number of nitrogens with zero attached hydrogens (tertiary/aromatic N) is 2. The number of fused-ring (bicyclic) bond motifs is 1. The summed E-state index contributed by atoms with van der Waals surface area (Å²) < 4.78 is 7.60. The molecule has 2 heterocycles. The van der Waals surface area contributed by atoms with Crippen LogP contribution in [0.4, 0.5) is 5.82 Å². The second kappa shape index (κ2) is 4.93. The van der Waals surface area contributed by atoms with E-state index in [1.54, 1.807) is 11.3 Å². The fourth-order valence-electron chi connectivity index (χ4n) is 1.95. The lowest BCUT2D eigenvalue weighted by Gasteiger charge is -2.05. The lowest BCUT2D eigenvalue weighted by Crippen LogP contribution is -1.94. The average Bonchev–Trinajstić information content (AvgIpc) is 2.96. The number of thiazole rings is 1. The first-order valence-electron chi connectivity index (χ1n) is 6.23. The third kappa shape index (κ3) is 2.29. The van der Waals surface area contributed by atoms with Crippen LogP contribution in [0.15, 0.2) is 35.8 Å². The van der Waals surface area contributed by atoms with E-state index in [-0.39, 0.29) is 0 Å². The molecule has 2 N–H and O–H groups in total. The zero-order valence-corrected chi connectivity index (χ0v) is 11.5. The minimum atomic E-state index is 0.552. The molecule has 0 spiro atoms. The predicted octanol–water partition coefficient (Wildman–Crippen LogP) is 3.43. The highest BCUT2D eigenvalue weighted by molar-refractivity contribution is 7.15. The molecule has 0 aliphatic rings. The standard InChI is InChI=1S/C14H15N3OS/c1-2-7-18-11-5-3-10(4-6-11)12-9-19-14-16-13(15)8-17(12)14/h3-6,8-9H,2,7,15H2,1H3. The molecule has 0 saturated carbocycles. The quantitative estimate of drug-likeness (QED) is 0.792. The summed E-state index contributed by atoms with van der Waals surface area (Å²) in [6.07, 6.45) is 2.86. The molecule has 0 amide bonds. The van der Waals surface area contributed by atoms with Crippen LogP contribution >= 0.6 is 11.3 Å². The fraction of sp³-hybridized carbons (Fsp3) is 0.214. The summed E-state index contributed by atoms with van der Waals surface area (Å²) in [6.45, 7) is 2.85. The van der Waals surface area contributed by atoms with E-state index in [2.05, 4.69) is 29.4 Å². The largest absolute Gasteiger partial charge is 0.494 e. The Morgan fingerprint density at radius 3 is 2.84 bits per heavy atom. The van der Waals surface area contributed by atoms with Gasteiger partial charge in [0.25, 0.3) is 0 Å². The van der Waals surface area contributed by atoms with Crippen LogP contribution in [0.2, 0.25) is 0 Å². The SMILES string of the molecule is CCCOc1ccc(-c2csc3nc(N)cn23)cc1. The van der Waals surface area contributed by atoms with Gasteiger partial charge in [-0.25, -0.2) is 4.98 Å². The molecule has 0 atom stereocenters. The summed E-state index contributed by atoms with van der Waals surface area (Å²) in [5.74, 6) is 1.46. The first-order chi connectivity index (χ1) is 9.28. The zero-order valence-electron chi connectivity index (χ0n) is 10.7. The van der Waals surface area contributed by atoms with Crippen molar-refractivity contribution in [2.24, 2.45) is 0 Å². The van der Waals surface area contributed by atoms with Gasteiger partial charge in [0.2, 0.25) is 0 Å². The van der Waals surface area contributed by atoms with Gasteiger partial charge < -0.3 is 10.5 Å². The molecule has 0 unspecified atom stereocenters. The minimum absolute atomic E-state index is 0.552. The monoisotopic (exact) mass is 273 g/mol. The molecule has 1 aromatic carbocycles. The Morgan fingerprint density at radius 2 is 2.11 bits per heavy atom. The summed E-state index contributed by atoms with van der Waals surface area (Å²) >= 11 is 1.59. The number of aromatic nitrogens is 2. The molecule has 5 heteroatoms. The summed E-state index contributed by atoms with van der Waals surface area (Å²) in [7, 11) is 0. The number of nitrogen functional groups attached to an aromatic ring is 1. The van der Waals surface area contributed by atoms with Gasteiger partial charge in [0.15, 0.2) is 4.96 Å². The highest BCUT2D eigenvalue weighted by Gasteiger charge is 2.08. The Kier molecular flexibility index (Phi) is 3.13. The fourth-order valence-corrected chi connectivity index (χ4v) is 2.84. The Hall–Kier alpha value is -2.01. The molecule has 98 valence electrons. The molecule has 0 bridgehead atoms. The molecule has 0 radical (unpaired) electrons. The van der Waals surface area contributed by atoms with Gasteiger partial charge in [0.05, 0.1) is 18.5 Å². The zero-order chi connectivity index (χ0) is 13.2. The molecular formula is C14H15N3OS. The van der Waals surface area contributed by atoms with Crippen LogP contribution < -0.4 is 10.5 Å². The Bertz CT molecular complexity index is 684. The van der Waals surface area contributed by atoms with Crippen LogP contribution in [-0.4, -0.2) is 16.0 Å². The van der Waals surface area contributed by atoms with Gasteiger partial charge in [-0.1, -0.05) is 6.92 Å². The van der Waals surface area contributed by atoms with Crippen molar-refractivity contribution in [3.8, 4) is 17.0 Å². The molecule has 0 aliphatic heterocycles. The summed E-state index contributed by atoms with van der Waals surface area (Å²) in [4.78, 5) is 5.17. The van der Waals surface area contributed by atoms with E-state index in [4.69, 9.17) is 10.5 Å². The van der Waals surface area contributed by atoms with Crippen LogP contribution in [-0.2, 0) is 0 Å². The smallest absolute Gasteiger partial charge is 0.196 e. The van der Waals surface area contributed by atoms with Gasteiger partial charge in [-0.2, -0.15) is 0 Å². The van der Waals surface area contributed by atoms with E-state index >= 15 is 0 Å². The Balaban J connectivity index is 1.93. The van der Waals surface area contributed by atoms with E-state index in [1.807, 2.05) is 22.7 Å². The highest BCUT2D eigenvalue weighted by Crippen LogP contribution is 2.28. The lowest BCUT2D eigenvalue weighted by molar-refractivity contribution is 0.317. The second-order valence-electron chi connectivity index (χ2n) is 4.31. The summed E-state index contributed by atoms with van der Waals surface area (Å²) in [6, 6.07) is 8.11. The highest BCUT2D eigenvalue weighted by atomic mass is 32.1. The average molecular weight is 273 g/mol. The van der Waals surface area contributed by atoms with Crippen LogP contribution in [0.3, 0.4) is 0 Å². The number of hydrogen-bond acceptors (Lipinski definition) is 4. The summed E-state index contributed by atoms with van der Waals surface area (Å²) in [5, 5.41) is 2.09. The van der Waals surface area contributed by atoms with E-state index in [0.29, 0.717) is 5.82 Å². The summed E-state index contributed by atoms with van der Waals surface area (Å²) in [5.41, 5.74) is 7.95. The predicted molar refractivity (Wildman–Crippen MR) is 78.7 cm³/mol. The first kappa shape index (κ1) is 12.0. The molecular weight excluding hydrogens is 258 g/mol. The van der Waals surface area contributed by atoms with Crippen molar-refractivity contribution in [2.75, 3.05) is 12.3 Å². The molecule has 19 heavy (non-hydrogen) atoms. The molecule has 0 aliphatic carbocycles. The van der Waals surface area contributed by atoms with Gasteiger partial charge in [0, 0.05) is 5.38 Å². The van der Waals surface area contributed by atoms with E-state index in [9.17, 15) is 0 Å². The van der Waals surface area contributed by atoms with Crippen LogP contribution in [0, 0.1) is 0 Å². The van der Waals surface area contributed by atoms with Crippen LogP contribution in [0.1, 0.15) is 13.3 Å². The van der Waals surface area contributed by atoms with Gasteiger partial charge in [-0.05, 0) is 36.2 Å². The van der Waals surface area contributed by atoms with Gasteiger partial charge >= 0.3 is 0 Å². The second-order valence-corrected chi connectivity index (χ2v) is 5.15. The number of rotatable bonds is 4. The molecule has 4 nitrogen and oxygen atoms in total. The maximum Gasteiger partial charge on any atom is 0.196 e. The number of benzene rings is 1. The van der Waals surface area contributed by atoms with Crippen molar-refractivity contribution in [2.45, 2.75) is 13.3 Å². The topological polar surface area (TPSA) is 52.5 Å². The van der Waals surface area contributed by atoms with Gasteiger partial charge in [0.1, 0.15) is 11.6 Å². The number of ether oxygens (including phenoxy) is 1. The first-order valence-corrected chi connectivity index (χ1v) is 7.11. The van der Waals surface area contributed by atoms with E-state index in [1.165, 1.54) is 0 Å². The lowest BCUT2D eigenvalue weighted by atomic mass is 10.2. The number of imidazole rings is 1. The van der Waals surface area contributed by atoms with Crippen molar-refractivity contribution in [1.29, 1.82) is 0 Å². The molecule has 0 fully saturated rings. The van der Waals surface area contributed by atoms with Crippen molar-refractivity contribution in [1.82, 2.24) is 9.38 Å². The Morgan fingerprint density at radius 1 is 1.32 bits per heavy atom. The van der Waals surface area contributed by atoms with Crippen molar-refractivity contribution in [3.63, 3.8) is 0 Å². The Labute approximate surface area is 115 Å². The van der Waals surface area contributed by atoms with E-state index in [0.717, 1.165) is 35.0 Å². The normalized spacial score (nSPS) is 11.0. The van der Waals surface area contributed by atoms with E-state index < -0.39 is 0 Å². The number of nitrogens with two attached hydrogens (primary N) is 1. The maximum absolute atomic E-state index is 5.72. The third-order valence-corrected chi connectivity index (χ3v) is 3.69. The minimum Gasteiger partial charge on any atom is -0.494 e. The van der Waals surface area contributed by atoms with Gasteiger partial charge in [-0.3, -0.25) is 4.40 Å². The van der Waals surface area contributed by atoms with Crippen molar-refractivity contribution >= 4 is 22.1 Å². The van der Waals surface area contributed by atoms with Crippen molar-refractivity contribution < 1.29 is 4.74 Å². The van der Waals surface area contributed by atoms with Gasteiger partial charge in [-0.15, -0.1) is 11.3 Å². The van der Waals surface area contributed by atoms with Crippen molar-refractivity contribution in [3.05, 3.63) is 35.8 Å². The number of hydrogen-bond donors (Lipinski definition) is 1. The molecule has 0 saturated heterocycles. The van der Waals surface area contributed by atoms with Crippen LogP contribution in [0.5, 0.6) is 5.75 Å². The third-order valence-electron chi connectivity index (χ3n) is 2.85. The number of anilines is 1. The maximum atomic E-state index is 5.72.